The van der Waals surface area contributed by atoms with Crippen molar-refractivity contribution in [1.29, 1.82) is 0 Å². The zero-order valence-electron chi connectivity index (χ0n) is 9.90. The van der Waals surface area contributed by atoms with E-state index in [9.17, 15) is 5.11 Å². The first-order valence-corrected chi connectivity index (χ1v) is 5.00. The van der Waals surface area contributed by atoms with E-state index in [-0.39, 0.29) is 0 Å². The molecule has 1 aliphatic carbocycles. The van der Waals surface area contributed by atoms with Crippen molar-refractivity contribution in [3.8, 4) is 0 Å². The van der Waals surface area contributed by atoms with E-state index in [4.69, 9.17) is 14.2 Å². The van der Waals surface area contributed by atoms with Gasteiger partial charge in [-0.3, -0.25) is 0 Å². The summed E-state index contributed by atoms with van der Waals surface area (Å²) < 4.78 is 15.6. The SMILES string of the molecule is C=CCC1=CC(OC)(OC)C(O)C(OC)=C1. The van der Waals surface area contributed by atoms with E-state index in [1.165, 1.54) is 21.3 Å². The molecule has 4 heteroatoms. The Bertz CT molecular complexity index is 313. The minimum Gasteiger partial charge on any atom is -0.498 e. The maximum Gasteiger partial charge on any atom is 0.222 e. The number of allylic oxidation sites excluding steroid dienone is 3. The van der Waals surface area contributed by atoms with Gasteiger partial charge >= 0.3 is 0 Å². The third kappa shape index (κ3) is 2.19. The van der Waals surface area contributed by atoms with E-state index in [1.807, 2.05) is 0 Å². The standard InChI is InChI=1S/C12H18O4/c1-5-6-9-7-10(14-2)11(13)12(8-9,15-3)16-4/h5,7-8,11,13H,1,6H2,2-4H3. The van der Waals surface area contributed by atoms with Gasteiger partial charge in [-0.2, -0.15) is 0 Å². The van der Waals surface area contributed by atoms with E-state index in [1.54, 1.807) is 18.2 Å². The molecule has 1 atom stereocenters. The summed E-state index contributed by atoms with van der Waals surface area (Å²) in [5.41, 5.74) is 0.931. The summed E-state index contributed by atoms with van der Waals surface area (Å²) in [6, 6.07) is 0. The van der Waals surface area contributed by atoms with Crippen molar-refractivity contribution in [2.45, 2.75) is 18.3 Å². The lowest BCUT2D eigenvalue weighted by Crippen LogP contribution is -2.47. The van der Waals surface area contributed by atoms with Crippen LogP contribution in [0.4, 0.5) is 0 Å². The van der Waals surface area contributed by atoms with Crippen LogP contribution in [0.3, 0.4) is 0 Å². The van der Waals surface area contributed by atoms with Gasteiger partial charge in [0.2, 0.25) is 5.79 Å². The summed E-state index contributed by atoms with van der Waals surface area (Å²) in [6.07, 6.45) is 4.96. The second-order valence-corrected chi connectivity index (χ2v) is 3.50. The van der Waals surface area contributed by atoms with Gasteiger partial charge in [-0.1, -0.05) is 6.08 Å². The Hall–Kier alpha value is -1.10. The van der Waals surface area contributed by atoms with Gasteiger partial charge in [0.1, 0.15) is 5.76 Å². The van der Waals surface area contributed by atoms with Crippen LogP contribution in [0, 0.1) is 0 Å². The first-order chi connectivity index (χ1) is 7.63. The Morgan fingerprint density at radius 3 is 2.50 bits per heavy atom. The first-order valence-electron chi connectivity index (χ1n) is 5.00. The maximum atomic E-state index is 10.1. The number of rotatable bonds is 5. The number of aliphatic hydroxyl groups excluding tert-OH is 1. The molecule has 1 aliphatic rings. The second-order valence-electron chi connectivity index (χ2n) is 3.50. The van der Waals surface area contributed by atoms with Gasteiger partial charge in [0, 0.05) is 14.2 Å². The molecule has 0 bridgehead atoms. The maximum absolute atomic E-state index is 10.1. The summed E-state index contributed by atoms with van der Waals surface area (Å²) >= 11 is 0. The number of hydrogen-bond acceptors (Lipinski definition) is 4. The molecule has 90 valence electrons. The van der Waals surface area contributed by atoms with Crippen LogP contribution in [-0.2, 0) is 14.2 Å². The Morgan fingerprint density at radius 2 is 2.06 bits per heavy atom. The topological polar surface area (TPSA) is 47.9 Å². The summed E-state index contributed by atoms with van der Waals surface area (Å²) in [7, 11) is 4.46. The van der Waals surface area contributed by atoms with Gasteiger partial charge in [0.05, 0.1) is 7.11 Å². The molecule has 0 aromatic heterocycles. The van der Waals surface area contributed by atoms with Crippen molar-refractivity contribution in [2.75, 3.05) is 21.3 Å². The zero-order valence-corrected chi connectivity index (χ0v) is 9.90. The van der Waals surface area contributed by atoms with Crippen LogP contribution < -0.4 is 0 Å². The van der Waals surface area contributed by atoms with Crippen LogP contribution in [0.2, 0.25) is 0 Å². The molecular formula is C12H18O4. The van der Waals surface area contributed by atoms with Crippen LogP contribution >= 0.6 is 0 Å². The quantitative estimate of drug-likeness (QED) is 0.568. The predicted octanol–water partition coefficient (Wildman–Crippen LogP) is 1.38. The minimum absolute atomic E-state index is 0.419. The van der Waals surface area contributed by atoms with Gasteiger partial charge in [0.25, 0.3) is 0 Å². The zero-order chi connectivity index (χ0) is 12.2. The molecule has 16 heavy (non-hydrogen) atoms. The molecule has 0 saturated heterocycles. The molecule has 0 heterocycles. The molecule has 0 aromatic rings. The van der Waals surface area contributed by atoms with Crippen LogP contribution in [-0.4, -0.2) is 38.3 Å². The summed E-state index contributed by atoms with van der Waals surface area (Å²) in [6.45, 7) is 3.67. The highest BCUT2D eigenvalue weighted by Crippen LogP contribution is 2.32. The van der Waals surface area contributed by atoms with Gasteiger partial charge in [-0.25, -0.2) is 0 Å². The van der Waals surface area contributed by atoms with Crippen LogP contribution in [0.25, 0.3) is 0 Å². The second kappa shape index (κ2) is 5.30. The Balaban J connectivity index is 3.11. The van der Waals surface area contributed by atoms with Gasteiger partial charge < -0.3 is 19.3 Å². The van der Waals surface area contributed by atoms with Crippen molar-refractivity contribution in [3.05, 3.63) is 36.1 Å². The molecule has 1 unspecified atom stereocenters. The van der Waals surface area contributed by atoms with E-state index in [0.717, 1.165) is 5.57 Å². The van der Waals surface area contributed by atoms with E-state index >= 15 is 0 Å². The van der Waals surface area contributed by atoms with Gasteiger partial charge in [-0.05, 0) is 24.1 Å². The Morgan fingerprint density at radius 1 is 1.44 bits per heavy atom. The molecule has 4 nitrogen and oxygen atoms in total. The summed E-state index contributed by atoms with van der Waals surface area (Å²) in [5.74, 6) is -0.763. The molecule has 0 aromatic carbocycles. The third-order valence-corrected chi connectivity index (χ3v) is 2.62. The predicted molar refractivity (Wildman–Crippen MR) is 60.7 cm³/mol. The lowest BCUT2D eigenvalue weighted by atomic mass is 9.95. The lowest BCUT2D eigenvalue weighted by molar-refractivity contribution is -0.225. The van der Waals surface area contributed by atoms with E-state index < -0.39 is 11.9 Å². The summed E-state index contributed by atoms with van der Waals surface area (Å²) in [5, 5.41) is 10.1. The largest absolute Gasteiger partial charge is 0.498 e. The van der Waals surface area contributed by atoms with Gasteiger partial charge in [0.15, 0.2) is 6.10 Å². The van der Waals surface area contributed by atoms with E-state index in [2.05, 4.69) is 6.58 Å². The molecule has 0 aliphatic heterocycles. The summed E-state index contributed by atoms with van der Waals surface area (Å²) in [4.78, 5) is 0. The fourth-order valence-electron chi connectivity index (χ4n) is 1.72. The fourth-order valence-corrected chi connectivity index (χ4v) is 1.72. The van der Waals surface area contributed by atoms with Gasteiger partial charge in [-0.15, -0.1) is 6.58 Å². The highest BCUT2D eigenvalue weighted by Gasteiger charge is 2.42. The molecule has 1 N–H and O–H groups in total. The molecule has 1 rings (SSSR count). The molecule has 0 radical (unpaired) electrons. The van der Waals surface area contributed by atoms with Crippen molar-refractivity contribution >= 4 is 0 Å². The minimum atomic E-state index is -1.18. The van der Waals surface area contributed by atoms with Crippen molar-refractivity contribution in [1.82, 2.24) is 0 Å². The number of methoxy groups -OCH3 is 3. The third-order valence-electron chi connectivity index (χ3n) is 2.62. The fraction of sp³-hybridized carbons (Fsp3) is 0.500. The highest BCUT2D eigenvalue weighted by atomic mass is 16.7. The van der Waals surface area contributed by atoms with Crippen molar-refractivity contribution < 1.29 is 19.3 Å². The molecule has 0 amide bonds. The van der Waals surface area contributed by atoms with Crippen LogP contribution in [0.15, 0.2) is 36.1 Å². The Labute approximate surface area is 95.8 Å². The first kappa shape index (κ1) is 13.0. The van der Waals surface area contributed by atoms with Crippen molar-refractivity contribution in [3.63, 3.8) is 0 Å². The average molecular weight is 226 g/mol. The number of aliphatic hydroxyl groups is 1. The molecule has 0 saturated carbocycles. The van der Waals surface area contributed by atoms with Crippen LogP contribution in [0.5, 0.6) is 0 Å². The molecular weight excluding hydrogens is 208 g/mol. The van der Waals surface area contributed by atoms with Crippen molar-refractivity contribution in [2.24, 2.45) is 0 Å². The molecule has 0 spiro atoms. The lowest BCUT2D eigenvalue weighted by Gasteiger charge is -2.36. The number of hydrogen-bond donors (Lipinski definition) is 1. The number of ether oxygens (including phenoxy) is 3. The average Bonchev–Trinajstić information content (AvgIpc) is 2.31. The highest BCUT2D eigenvalue weighted by molar-refractivity contribution is 5.34. The monoisotopic (exact) mass is 226 g/mol. The smallest absolute Gasteiger partial charge is 0.222 e. The Kier molecular flexibility index (Phi) is 4.29. The van der Waals surface area contributed by atoms with Crippen LogP contribution in [0.1, 0.15) is 6.42 Å². The molecule has 0 fully saturated rings. The van der Waals surface area contributed by atoms with E-state index in [0.29, 0.717) is 12.2 Å². The normalized spacial score (nSPS) is 23.4.